The van der Waals surface area contributed by atoms with E-state index in [-0.39, 0.29) is 0 Å². The molecule has 0 saturated heterocycles. The lowest BCUT2D eigenvalue weighted by Gasteiger charge is -2.33. The molecule has 0 bridgehead atoms. The Labute approximate surface area is 196 Å². The highest BCUT2D eigenvalue weighted by Crippen LogP contribution is 2.50. The van der Waals surface area contributed by atoms with Crippen LogP contribution in [0.2, 0.25) is 0 Å². The van der Waals surface area contributed by atoms with Crippen LogP contribution in [0.15, 0.2) is 109 Å². The number of nitriles is 1. The van der Waals surface area contributed by atoms with Crippen molar-refractivity contribution in [2.24, 2.45) is 0 Å². The summed E-state index contributed by atoms with van der Waals surface area (Å²) >= 11 is 0. The van der Waals surface area contributed by atoms with E-state index in [2.05, 4.69) is 71.6 Å². The quantitative estimate of drug-likeness (QED) is 0.243. The van der Waals surface area contributed by atoms with E-state index in [1.165, 1.54) is 16.2 Å². The number of rotatable bonds is 1. The van der Waals surface area contributed by atoms with Crippen LogP contribution in [0.5, 0.6) is 11.5 Å². The van der Waals surface area contributed by atoms with E-state index in [4.69, 9.17) is 4.74 Å². The first-order valence-corrected chi connectivity index (χ1v) is 11.3. The van der Waals surface area contributed by atoms with Crippen LogP contribution in [0, 0.1) is 11.3 Å². The van der Waals surface area contributed by atoms with E-state index in [9.17, 15) is 5.26 Å². The topological polar surface area (TPSA) is 36.3 Å². The van der Waals surface area contributed by atoms with Gasteiger partial charge in [0.05, 0.1) is 23.0 Å². The van der Waals surface area contributed by atoms with Crippen molar-refractivity contribution in [3.05, 3.63) is 115 Å². The SMILES string of the molecule is N#Cc1ccc2c3ccc(N4c5ccccc5Oc5ccccc54)cc3c3ccccc3c2c1. The van der Waals surface area contributed by atoms with Crippen LogP contribution in [-0.2, 0) is 0 Å². The molecule has 0 unspecified atom stereocenters. The Kier molecular flexibility index (Phi) is 3.91. The van der Waals surface area contributed by atoms with Gasteiger partial charge in [-0.3, -0.25) is 0 Å². The Morgan fingerprint density at radius 3 is 1.71 bits per heavy atom. The first-order valence-electron chi connectivity index (χ1n) is 11.3. The maximum atomic E-state index is 9.46. The van der Waals surface area contributed by atoms with E-state index >= 15 is 0 Å². The maximum Gasteiger partial charge on any atom is 0.151 e. The molecule has 6 aromatic rings. The van der Waals surface area contributed by atoms with Gasteiger partial charge >= 0.3 is 0 Å². The summed E-state index contributed by atoms with van der Waals surface area (Å²) in [6.07, 6.45) is 0. The zero-order chi connectivity index (χ0) is 22.6. The van der Waals surface area contributed by atoms with E-state index in [1.54, 1.807) is 0 Å². The summed E-state index contributed by atoms with van der Waals surface area (Å²) in [4.78, 5) is 2.27. The van der Waals surface area contributed by atoms with Gasteiger partial charge in [-0.15, -0.1) is 0 Å². The largest absolute Gasteiger partial charge is 0.453 e. The highest BCUT2D eigenvalue weighted by molar-refractivity contribution is 6.26. The van der Waals surface area contributed by atoms with Gasteiger partial charge < -0.3 is 9.64 Å². The number of benzene rings is 6. The van der Waals surface area contributed by atoms with Crippen molar-refractivity contribution in [3.8, 4) is 17.6 Å². The summed E-state index contributed by atoms with van der Waals surface area (Å²) in [5, 5.41) is 16.4. The molecule has 3 nitrogen and oxygen atoms in total. The standard InChI is InChI=1S/C31H18N2O/c32-19-20-13-15-24-25-16-14-21(18-27(25)23-8-2-1-7-22(23)26(24)17-20)33-28-9-3-5-11-30(28)34-31-12-6-4-10-29(31)33/h1-18H. The highest BCUT2D eigenvalue weighted by Gasteiger charge is 2.25. The van der Waals surface area contributed by atoms with Crippen LogP contribution in [0.25, 0.3) is 32.3 Å². The summed E-state index contributed by atoms with van der Waals surface area (Å²) in [5.41, 5.74) is 3.79. The Hall–Kier alpha value is -4.81. The van der Waals surface area contributed by atoms with Gasteiger partial charge in [-0.25, -0.2) is 0 Å². The first kappa shape index (κ1) is 18.7. The van der Waals surface area contributed by atoms with E-state index < -0.39 is 0 Å². The second-order valence-corrected chi connectivity index (χ2v) is 8.52. The number of anilines is 3. The first-order chi connectivity index (χ1) is 16.8. The molecule has 1 heterocycles. The van der Waals surface area contributed by atoms with Crippen LogP contribution in [0.1, 0.15) is 5.56 Å². The van der Waals surface area contributed by atoms with Crippen molar-refractivity contribution < 1.29 is 4.74 Å². The Balaban J connectivity index is 1.56. The molecule has 6 aromatic carbocycles. The summed E-state index contributed by atoms with van der Waals surface area (Å²) in [6.45, 7) is 0. The van der Waals surface area contributed by atoms with Crippen molar-refractivity contribution >= 4 is 49.4 Å². The second kappa shape index (κ2) is 7.10. The minimum Gasteiger partial charge on any atom is -0.453 e. The molecule has 0 aliphatic carbocycles. The molecule has 7 rings (SSSR count). The predicted molar refractivity (Wildman–Crippen MR) is 138 cm³/mol. The molecule has 1 aliphatic heterocycles. The third kappa shape index (κ3) is 2.63. The monoisotopic (exact) mass is 434 g/mol. The number of ether oxygens (including phenoxy) is 1. The molecule has 158 valence electrons. The second-order valence-electron chi connectivity index (χ2n) is 8.52. The number of hydrogen-bond donors (Lipinski definition) is 0. The molecular weight excluding hydrogens is 416 g/mol. The molecule has 0 amide bonds. The smallest absolute Gasteiger partial charge is 0.151 e. The zero-order valence-corrected chi connectivity index (χ0v) is 18.2. The molecule has 0 spiro atoms. The molecule has 1 aliphatic rings. The van der Waals surface area contributed by atoms with Crippen molar-refractivity contribution in [1.29, 1.82) is 5.26 Å². The molecule has 34 heavy (non-hydrogen) atoms. The normalized spacial score (nSPS) is 12.3. The lowest BCUT2D eigenvalue weighted by molar-refractivity contribution is 0.477. The molecule has 0 atom stereocenters. The van der Waals surface area contributed by atoms with Crippen LogP contribution >= 0.6 is 0 Å². The van der Waals surface area contributed by atoms with Crippen LogP contribution in [0.4, 0.5) is 17.1 Å². The van der Waals surface area contributed by atoms with E-state index in [1.807, 2.05) is 48.5 Å². The lowest BCUT2D eigenvalue weighted by atomic mass is 9.93. The van der Waals surface area contributed by atoms with Crippen molar-refractivity contribution in [2.45, 2.75) is 0 Å². The van der Waals surface area contributed by atoms with Gasteiger partial charge in [-0.2, -0.15) is 5.26 Å². The number of nitrogens with zero attached hydrogens (tertiary/aromatic N) is 2. The van der Waals surface area contributed by atoms with E-state index in [0.717, 1.165) is 44.7 Å². The van der Waals surface area contributed by atoms with Crippen LogP contribution < -0.4 is 9.64 Å². The molecule has 0 saturated carbocycles. The highest BCUT2D eigenvalue weighted by atomic mass is 16.5. The summed E-state index contributed by atoms with van der Waals surface area (Å²) < 4.78 is 6.20. The van der Waals surface area contributed by atoms with Gasteiger partial charge in [-0.05, 0) is 80.8 Å². The number of para-hydroxylation sites is 4. The average Bonchev–Trinajstić information content (AvgIpc) is 2.91. The molecule has 0 aromatic heterocycles. The molecule has 3 heteroatoms. The van der Waals surface area contributed by atoms with Crippen molar-refractivity contribution in [1.82, 2.24) is 0 Å². The van der Waals surface area contributed by atoms with Gasteiger partial charge in [0.15, 0.2) is 11.5 Å². The fourth-order valence-electron chi connectivity index (χ4n) is 5.14. The molecular formula is C31H18N2O. The number of hydrogen-bond acceptors (Lipinski definition) is 3. The van der Waals surface area contributed by atoms with Crippen molar-refractivity contribution in [2.75, 3.05) is 4.90 Å². The number of fused-ring (bicyclic) bond motifs is 8. The molecule has 0 radical (unpaired) electrons. The van der Waals surface area contributed by atoms with Gasteiger partial charge in [0.25, 0.3) is 0 Å². The molecule has 0 fully saturated rings. The maximum absolute atomic E-state index is 9.46. The van der Waals surface area contributed by atoms with Gasteiger partial charge in [0.1, 0.15) is 0 Å². The summed E-state index contributed by atoms with van der Waals surface area (Å²) in [5.74, 6) is 1.68. The predicted octanol–water partition coefficient (Wildman–Crippen LogP) is 8.59. The van der Waals surface area contributed by atoms with Crippen LogP contribution in [-0.4, -0.2) is 0 Å². The Bertz CT molecular complexity index is 1750. The fraction of sp³-hybridized carbons (Fsp3) is 0. The van der Waals surface area contributed by atoms with Gasteiger partial charge in [-0.1, -0.05) is 60.7 Å². The van der Waals surface area contributed by atoms with Crippen molar-refractivity contribution in [3.63, 3.8) is 0 Å². The molecule has 0 N–H and O–H groups in total. The summed E-state index contributed by atoms with van der Waals surface area (Å²) in [7, 11) is 0. The Morgan fingerprint density at radius 1 is 0.529 bits per heavy atom. The lowest BCUT2D eigenvalue weighted by Crippen LogP contribution is -2.15. The fourth-order valence-corrected chi connectivity index (χ4v) is 5.14. The van der Waals surface area contributed by atoms with E-state index in [0.29, 0.717) is 5.56 Å². The third-order valence-corrected chi connectivity index (χ3v) is 6.64. The van der Waals surface area contributed by atoms with Crippen LogP contribution in [0.3, 0.4) is 0 Å². The average molecular weight is 434 g/mol. The zero-order valence-electron chi connectivity index (χ0n) is 18.2. The minimum atomic E-state index is 0.676. The van der Waals surface area contributed by atoms with Gasteiger partial charge in [0.2, 0.25) is 0 Å². The minimum absolute atomic E-state index is 0.676. The third-order valence-electron chi connectivity index (χ3n) is 6.64. The summed E-state index contributed by atoms with van der Waals surface area (Å²) in [6, 6.07) is 39.6. The van der Waals surface area contributed by atoms with Gasteiger partial charge in [0, 0.05) is 5.69 Å². The Morgan fingerprint density at radius 2 is 1.06 bits per heavy atom.